The van der Waals surface area contributed by atoms with Gasteiger partial charge in [-0.25, -0.2) is 4.39 Å². The summed E-state index contributed by atoms with van der Waals surface area (Å²) in [6.07, 6.45) is -0.800. The van der Waals surface area contributed by atoms with Crippen LogP contribution in [0.5, 0.6) is 5.75 Å². The van der Waals surface area contributed by atoms with E-state index in [1.54, 1.807) is 37.4 Å². The zero-order valence-corrected chi connectivity index (χ0v) is 11.3. The first-order chi connectivity index (χ1) is 8.61. The average Bonchev–Trinajstić information content (AvgIpc) is 2.38. The predicted octanol–water partition coefficient (Wildman–Crippen LogP) is 3.68. The molecule has 2 nitrogen and oxygen atoms in total. The topological polar surface area (TPSA) is 29.5 Å². The van der Waals surface area contributed by atoms with Crippen LogP contribution in [0.3, 0.4) is 0 Å². The van der Waals surface area contributed by atoms with Gasteiger partial charge in [-0.2, -0.15) is 0 Å². The van der Waals surface area contributed by atoms with E-state index in [1.807, 2.05) is 0 Å². The van der Waals surface area contributed by atoms with Crippen molar-refractivity contribution in [2.75, 3.05) is 7.11 Å². The van der Waals surface area contributed by atoms with E-state index in [9.17, 15) is 9.50 Å². The van der Waals surface area contributed by atoms with Crippen molar-refractivity contribution >= 4 is 15.9 Å². The molecule has 0 heterocycles. The van der Waals surface area contributed by atoms with Gasteiger partial charge in [0.15, 0.2) is 0 Å². The summed E-state index contributed by atoms with van der Waals surface area (Å²) in [4.78, 5) is 0. The zero-order valence-electron chi connectivity index (χ0n) is 9.73. The van der Waals surface area contributed by atoms with Crippen LogP contribution in [0.2, 0.25) is 0 Å². The maximum absolute atomic E-state index is 13.0. The smallest absolute Gasteiger partial charge is 0.124 e. The third-order valence-electron chi connectivity index (χ3n) is 2.69. The van der Waals surface area contributed by atoms with Crippen LogP contribution in [0.15, 0.2) is 46.9 Å². The van der Waals surface area contributed by atoms with Gasteiger partial charge < -0.3 is 9.84 Å². The molecule has 0 aliphatic carbocycles. The number of rotatable bonds is 3. The summed E-state index contributed by atoms with van der Waals surface area (Å²) in [6, 6.07) is 11.3. The van der Waals surface area contributed by atoms with Gasteiger partial charge in [-0.05, 0) is 35.4 Å². The van der Waals surface area contributed by atoms with Gasteiger partial charge in [0.05, 0.1) is 7.11 Å². The number of methoxy groups -OCH3 is 1. The molecule has 0 aliphatic heterocycles. The Morgan fingerprint density at radius 3 is 2.39 bits per heavy atom. The fourth-order valence-electron chi connectivity index (χ4n) is 1.69. The van der Waals surface area contributed by atoms with E-state index in [0.29, 0.717) is 10.0 Å². The lowest BCUT2D eigenvalue weighted by atomic mass is 10.0. The molecule has 0 fully saturated rings. The van der Waals surface area contributed by atoms with Gasteiger partial charge >= 0.3 is 0 Å². The van der Waals surface area contributed by atoms with Gasteiger partial charge in [-0.1, -0.05) is 34.1 Å². The SMILES string of the molecule is COc1ccc(C(O)c2ccc(F)cc2Br)cc1. The largest absolute Gasteiger partial charge is 0.497 e. The van der Waals surface area contributed by atoms with Crippen molar-refractivity contribution < 1.29 is 14.2 Å². The molecule has 0 aliphatic rings. The second-order valence-electron chi connectivity index (χ2n) is 3.84. The van der Waals surface area contributed by atoms with Crippen LogP contribution >= 0.6 is 15.9 Å². The van der Waals surface area contributed by atoms with E-state index in [1.165, 1.54) is 12.1 Å². The zero-order chi connectivity index (χ0) is 13.1. The Kier molecular flexibility index (Phi) is 3.99. The molecule has 4 heteroatoms. The van der Waals surface area contributed by atoms with Crippen molar-refractivity contribution in [2.24, 2.45) is 0 Å². The summed E-state index contributed by atoms with van der Waals surface area (Å²) in [5, 5.41) is 10.2. The first-order valence-electron chi connectivity index (χ1n) is 5.39. The summed E-state index contributed by atoms with van der Waals surface area (Å²) in [5.41, 5.74) is 1.35. The third kappa shape index (κ3) is 2.71. The number of aliphatic hydroxyl groups is 1. The van der Waals surface area contributed by atoms with E-state index in [4.69, 9.17) is 4.74 Å². The van der Waals surface area contributed by atoms with Crippen LogP contribution < -0.4 is 4.74 Å². The first-order valence-corrected chi connectivity index (χ1v) is 6.18. The van der Waals surface area contributed by atoms with Crippen LogP contribution in [0.25, 0.3) is 0 Å². The molecular formula is C14H12BrFO2. The molecular weight excluding hydrogens is 299 g/mol. The summed E-state index contributed by atoms with van der Waals surface area (Å²) in [6.45, 7) is 0. The number of hydrogen-bond donors (Lipinski definition) is 1. The van der Waals surface area contributed by atoms with E-state index in [-0.39, 0.29) is 5.82 Å². The van der Waals surface area contributed by atoms with Crippen LogP contribution in [0.4, 0.5) is 4.39 Å². The van der Waals surface area contributed by atoms with Crippen molar-refractivity contribution in [3.8, 4) is 5.75 Å². The van der Waals surface area contributed by atoms with E-state index < -0.39 is 6.10 Å². The summed E-state index contributed by atoms with van der Waals surface area (Å²) < 4.78 is 18.6. The molecule has 0 saturated heterocycles. The number of hydrogen-bond acceptors (Lipinski definition) is 2. The van der Waals surface area contributed by atoms with Gasteiger partial charge in [0.2, 0.25) is 0 Å². The Morgan fingerprint density at radius 2 is 1.83 bits per heavy atom. The molecule has 2 aromatic carbocycles. The fourth-order valence-corrected chi connectivity index (χ4v) is 2.26. The highest BCUT2D eigenvalue weighted by Crippen LogP contribution is 2.29. The minimum absolute atomic E-state index is 0.340. The number of halogens is 2. The van der Waals surface area contributed by atoms with E-state index >= 15 is 0 Å². The van der Waals surface area contributed by atoms with Crippen molar-refractivity contribution in [3.63, 3.8) is 0 Å². The molecule has 1 atom stereocenters. The molecule has 0 saturated carbocycles. The maximum Gasteiger partial charge on any atom is 0.124 e. The number of aliphatic hydroxyl groups excluding tert-OH is 1. The first kappa shape index (κ1) is 13.1. The van der Waals surface area contributed by atoms with Crippen molar-refractivity contribution in [3.05, 3.63) is 63.9 Å². The lowest BCUT2D eigenvalue weighted by Crippen LogP contribution is -2.01. The van der Waals surface area contributed by atoms with Crippen LogP contribution in [-0.2, 0) is 0 Å². The predicted molar refractivity (Wildman–Crippen MR) is 71.2 cm³/mol. The second kappa shape index (κ2) is 5.50. The van der Waals surface area contributed by atoms with Crippen LogP contribution in [0.1, 0.15) is 17.2 Å². The Bertz CT molecular complexity index is 540. The standard InChI is InChI=1S/C14H12BrFO2/c1-18-11-5-2-9(3-6-11)14(17)12-7-4-10(16)8-13(12)15/h2-8,14,17H,1H3. The van der Waals surface area contributed by atoms with Gasteiger partial charge in [0.1, 0.15) is 17.7 Å². The van der Waals surface area contributed by atoms with Crippen molar-refractivity contribution in [2.45, 2.75) is 6.10 Å². The number of benzene rings is 2. The molecule has 2 aromatic rings. The molecule has 2 rings (SSSR count). The Labute approximate surface area is 113 Å². The third-order valence-corrected chi connectivity index (χ3v) is 3.38. The highest BCUT2D eigenvalue weighted by molar-refractivity contribution is 9.10. The molecule has 0 radical (unpaired) electrons. The van der Waals surface area contributed by atoms with Crippen LogP contribution in [0, 0.1) is 5.82 Å². The molecule has 0 amide bonds. The molecule has 94 valence electrons. The molecule has 0 aromatic heterocycles. The van der Waals surface area contributed by atoms with Crippen LogP contribution in [-0.4, -0.2) is 12.2 Å². The van der Waals surface area contributed by atoms with Gasteiger partial charge in [-0.15, -0.1) is 0 Å². The Hall–Kier alpha value is -1.39. The lowest BCUT2D eigenvalue weighted by molar-refractivity contribution is 0.219. The van der Waals surface area contributed by atoms with Crippen molar-refractivity contribution in [1.29, 1.82) is 0 Å². The molecule has 0 spiro atoms. The lowest BCUT2D eigenvalue weighted by Gasteiger charge is -2.13. The maximum atomic E-state index is 13.0. The van der Waals surface area contributed by atoms with Gasteiger partial charge in [-0.3, -0.25) is 0 Å². The van der Waals surface area contributed by atoms with E-state index in [0.717, 1.165) is 11.3 Å². The number of ether oxygens (including phenoxy) is 1. The van der Waals surface area contributed by atoms with Crippen molar-refractivity contribution in [1.82, 2.24) is 0 Å². The van der Waals surface area contributed by atoms with Gasteiger partial charge in [0, 0.05) is 4.47 Å². The molecule has 18 heavy (non-hydrogen) atoms. The van der Waals surface area contributed by atoms with E-state index in [2.05, 4.69) is 15.9 Å². The Morgan fingerprint density at radius 1 is 1.17 bits per heavy atom. The molecule has 1 N–H and O–H groups in total. The Balaban J connectivity index is 2.31. The summed E-state index contributed by atoms with van der Waals surface area (Å²) in [5.74, 6) is 0.386. The minimum Gasteiger partial charge on any atom is -0.497 e. The molecule has 1 unspecified atom stereocenters. The normalized spacial score (nSPS) is 12.2. The summed E-state index contributed by atoms with van der Waals surface area (Å²) >= 11 is 3.25. The molecule has 0 bridgehead atoms. The highest BCUT2D eigenvalue weighted by Gasteiger charge is 2.14. The fraction of sp³-hybridized carbons (Fsp3) is 0.143. The summed E-state index contributed by atoms with van der Waals surface area (Å²) in [7, 11) is 1.59. The quantitative estimate of drug-likeness (QED) is 0.937. The average molecular weight is 311 g/mol. The van der Waals surface area contributed by atoms with Gasteiger partial charge in [0.25, 0.3) is 0 Å². The second-order valence-corrected chi connectivity index (χ2v) is 4.70. The highest BCUT2D eigenvalue weighted by atomic mass is 79.9. The monoisotopic (exact) mass is 310 g/mol. The minimum atomic E-state index is -0.800.